The summed E-state index contributed by atoms with van der Waals surface area (Å²) < 4.78 is 15.9. The highest BCUT2D eigenvalue weighted by Crippen LogP contribution is 2.40. The third-order valence-electron chi connectivity index (χ3n) is 10.5. The van der Waals surface area contributed by atoms with E-state index in [0.29, 0.717) is 64.1 Å². The number of pyridine rings is 2. The number of benzene rings is 1. The van der Waals surface area contributed by atoms with Gasteiger partial charge in [-0.3, -0.25) is 28.9 Å². The molecule has 0 spiro atoms. The molecule has 1 saturated carbocycles. The van der Waals surface area contributed by atoms with Crippen molar-refractivity contribution in [2.45, 2.75) is 25.4 Å². The molecule has 330 valence electrons. The van der Waals surface area contributed by atoms with Gasteiger partial charge in [0.1, 0.15) is 23.1 Å². The van der Waals surface area contributed by atoms with E-state index in [1.54, 1.807) is 64.6 Å². The Morgan fingerprint density at radius 2 is 1.47 bits per heavy atom. The lowest BCUT2D eigenvalue weighted by Gasteiger charge is -2.34. The topological polar surface area (TPSA) is 233 Å². The second-order valence-electron chi connectivity index (χ2n) is 15.3. The van der Waals surface area contributed by atoms with E-state index in [1.807, 2.05) is 69.2 Å². The van der Waals surface area contributed by atoms with Crippen LogP contribution in [0.1, 0.15) is 19.3 Å². The molecule has 5 N–H and O–H groups in total. The van der Waals surface area contributed by atoms with Crippen molar-refractivity contribution in [1.82, 2.24) is 59.4 Å². The maximum Gasteiger partial charge on any atom is 0.247 e. The van der Waals surface area contributed by atoms with E-state index in [9.17, 15) is 9.59 Å². The first kappa shape index (κ1) is 42.3. The van der Waals surface area contributed by atoms with E-state index in [-0.39, 0.29) is 17.8 Å². The fourth-order valence-electron chi connectivity index (χ4n) is 7.38. The fraction of sp³-hybridized carbons (Fsp3) is 0.149. The Labute approximate surface area is 377 Å². The minimum Gasteiger partial charge on any atom is -0.474 e. The van der Waals surface area contributed by atoms with Gasteiger partial charge in [-0.25, -0.2) is 0 Å². The van der Waals surface area contributed by atoms with Crippen LogP contribution in [0.25, 0.3) is 44.5 Å². The summed E-state index contributed by atoms with van der Waals surface area (Å²) in [5.41, 5.74) is 6.75. The van der Waals surface area contributed by atoms with Gasteiger partial charge >= 0.3 is 0 Å². The molecule has 0 bridgehead atoms. The first-order valence-corrected chi connectivity index (χ1v) is 20.8. The van der Waals surface area contributed by atoms with Crippen LogP contribution in [-0.2, 0) is 23.7 Å². The normalized spacial score (nSPS) is 14.1. The summed E-state index contributed by atoms with van der Waals surface area (Å²) in [5, 5.41) is 18.9. The van der Waals surface area contributed by atoms with Crippen molar-refractivity contribution < 1.29 is 19.1 Å². The van der Waals surface area contributed by atoms with Gasteiger partial charge in [0.25, 0.3) is 0 Å². The predicted octanol–water partition coefficient (Wildman–Crippen LogP) is 8.21. The first-order chi connectivity index (χ1) is 32.2. The summed E-state index contributed by atoms with van der Waals surface area (Å²) in [7, 11) is 3.67. The van der Waals surface area contributed by atoms with Crippen LogP contribution in [0.5, 0.6) is 17.5 Å². The second-order valence-corrected chi connectivity index (χ2v) is 15.3. The standard InChI is InChI=1S/C24H20N8O2.C23H23N7O2/c1-3-20(33)28-16-7-4-8-18(10-16)34-23-21-19(15-6-5-9-25-11-15)13-26-22(21)30-24(31-23)29-17-12-27-32(2)14-17;1-3-16(31)8-14-9-17(10-14)32-22-20-18(19-6-4-5-7-24-19)12-25-21(20)28-23(29-22)27-15-11-26-30(2)13-15/h3-14H,1H2,2H3,(H,28,33)(H2,26,29,30,31);3-7,11-14,17H,1,8-10H2,2H3,(H2,25,27,28,29). The van der Waals surface area contributed by atoms with Gasteiger partial charge in [-0.2, -0.15) is 30.1 Å². The molecule has 19 nitrogen and oxygen atoms in total. The van der Waals surface area contributed by atoms with Crippen molar-refractivity contribution in [2.24, 2.45) is 20.0 Å². The number of rotatable bonds is 15. The zero-order valence-corrected chi connectivity index (χ0v) is 35.8. The van der Waals surface area contributed by atoms with E-state index in [2.05, 4.69) is 79.2 Å². The van der Waals surface area contributed by atoms with Gasteiger partial charge in [0.05, 0.1) is 40.2 Å². The Kier molecular flexibility index (Phi) is 12.0. The van der Waals surface area contributed by atoms with Crippen LogP contribution in [0.15, 0.2) is 136 Å². The maximum absolute atomic E-state index is 11.7. The highest BCUT2D eigenvalue weighted by atomic mass is 16.5. The molecule has 1 amide bonds. The number of nitrogens with one attached hydrogen (secondary N) is 5. The molecular formula is C47H43N15O4. The van der Waals surface area contributed by atoms with Crippen LogP contribution in [0.4, 0.5) is 29.0 Å². The summed E-state index contributed by atoms with van der Waals surface area (Å²) in [6, 6.07) is 16.6. The number of nitrogens with zero attached hydrogens (tertiary/aromatic N) is 10. The molecule has 0 saturated heterocycles. The third-order valence-corrected chi connectivity index (χ3v) is 10.5. The number of amides is 1. The van der Waals surface area contributed by atoms with Gasteiger partial charge in [0.2, 0.25) is 29.6 Å². The molecule has 66 heavy (non-hydrogen) atoms. The van der Waals surface area contributed by atoms with E-state index in [4.69, 9.17) is 9.47 Å². The molecular weight excluding hydrogens is 839 g/mol. The molecule has 0 aliphatic heterocycles. The third kappa shape index (κ3) is 9.64. The Morgan fingerprint density at radius 3 is 2.09 bits per heavy atom. The van der Waals surface area contributed by atoms with Crippen LogP contribution >= 0.6 is 0 Å². The summed E-state index contributed by atoms with van der Waals surface area (Å²) in [6.07, 6.45) is 20.7. The smallest absolute Gasteiger partial charge is 0.247 e. The van der Waals surface area contributed by atoms with Crippen LogP contribution in [0.2, 0.25) is 0 Å². The van der Waals surface area contributed by atoms with Gasteiger partial charge < -0.3 is 35.4 Å². The zero-order valence-electron chi connectivity index (χ0n) is 35.8. The van der Waals surface area contributed by atoms with Crippen molar-refractivity contribution >= 4 is 62.7 Å². The van der Waals surface area contributed by atoms with Gasteiger partial charge in [-0.05, 0) is 61.2 Å². The van der Waals surface area contributed by atoms with Crippen molar-refractivity contribution in [1.29, 1.82) is 0 Å². The molecule has 0 atom stereocenters. The number of anilines is 5. The van der Waals surface area contributed by atoms with E-state index in [0.717, 1.165) is 52.0 Å². The molecule has 0 radical (unpaired) electrons. The van der Waals surface area contributed by atoms with Crippen molar-refractivity contribution in [3.63, 3.8) is 0 Å². The lowest BCUT2D eigenvalue weighted by molar-refractivity contribution is -0.116. The number of hydrogen-bond acceptors (Lipinski definition) is 14. The SMILES string of the molecule is C=CC(=O)CC1CC(Oc2nc(Nc3cnn(C)c3)nc3[nH]cc(-c4ccccn4)c23)C1.C=CC(=O)Nc1cccc(Oc2nc(Nc3cnn(C)c3)nc3[nH]cc(-c4cccnc4)c23)c1. The largest absolute Gasteiger partial charge is 0.474 e. The quantitative estimate of drug-likeness (QED) is 0.0611. The number of aromatic nitrogens is 12. The lowest BCUT2D eigenvalue weighted by Crippen LogP contribution is -2.35. The van der Waals surface area contributed by atoms with Gasteiger partial charge in [-0.15, -0.1) is 0 Å². The number of carbonyl (C=O) groups is 2. The highest BCUT2D eigenvalue weighted by Gasteiger charge is 2.33. The Bertz CT molecular complexity index is 3190. The molecule has 9 aromatic rings. The molecule has 19 heteroatoms. The molecule has 1 aromatic carbocycles. The van der Waals surface area contributed by atoms with Gasteiger partial charge in [0.15, 0.2) is 5.78 Å². The Balaban J connectivity index is 0.000000166. The first-order valence-electron chi connectivity index (χ1n) is 20.8. The van der Waals surface area contributed by atoms with E-state index >= 15 is 0 Å². The maximum atomic E-state index is 11.7. The van der Waals surface area contributed by atoms with Crippen molar-refractivity contribution in [3.8, 4) is 39.9 Å². The summed E-state index contributed by atoms with van der Waals surface area (Å²) >= 11 is 0. The summed E-state index contributed by atoms with van der Waals surface area (Å²) in [4.78, 5) is 57.0. The number of aromatic amines is 2. The van der Waals surface area contributed by atoms with E-state index in [1.165, 1.54) is 12.2 Å². The molecule has 1 aliphatic carbocycles. The molecule has 1 aliphatic rings. The lowest BCUT2D eigenvalue weighted by atomic mass is 9.79. The van der Waals surface area contributed by atoms with Crippen LogP contribution in [0, 0.1) is 5.92 Å². The van der Waals surface area contributed by atoms with Crippen molar-refractivity contribution in [2.75, 3.05) is 16.0 Å². The number of carbonyl (C=O) groups excluding carboxylic acids is 2. The minimum atomic E-state index is -0.311. The number of ketones is 1. The molecule has 1 fully saturated rings. The Hall–Kier alpha value is -9.00. The molecule has 10 rings (SSSR count). The van der Waals surface area contributed by atoms with E-state index < -0.39 is 0 Å². The monoisotopic (exact) mass is 881 g/mol. The second kappa shape index (κ2) is 18.8. The number of aryl methyl sites for hydroxylation is 2. The van der Waals surface area contributed by atoms with Crippen LogP contribution < -0.4 is 25.4 Å². The molecule has 8 heterocycles. The fourth-order valence-corrected chi connectivity index (χ4v) is 7.38. The molecule has 8 aromatic heterocycles. The van der Waals surface area contributed by atoms with Gasteiger partial charge in [-0.1, -0.05) is 31.4 Å². The number of ether oxygens (including phenoxy) is 2. The number of fused-ring (bicyclic) bond motifs is 2. The number of hydrogen-bond donors (Lipinski definition) is 5. The summed E-state index contributed by atoms with van der Waals surface area (Å²) in [5.74, 6) is 2.15. The summed E-state index contributed by atoms with van der Waals surface area (Å²) in [6.45, 7) is 7.03. The highest BCUT2D eigenvalue weighted by molar-refractivity contribution is 6.00. The molecule has 0 unspecified atom stereocenters. The number of H-pyrrole nitrogens is 2. The predicted molar refractivity (Wildman–Crippen MR) is 250 cm³/mol. The number of allylic oxidation sites excluding steroid dienone is 1. The Morgan fingerprint density at radius 1 is 0.773 bits per heavy atom. The zero-order chi connectivity index (χ0) is 45.6. The average molecular weight is 882 g/mol. The average Bonchev–Trinajstić information content (AvgIpc) is 4.14. The van der Waals surface area contributed by atoms with Crippen molar-refractivity contribution in [3.05, 3.63) is 136 Å². The van der Waals surface area contributed by atoms with Crippen LogP contribution in [-0.4, -0.2) is 77.2 Å². The minimum absolute atomic E-state index is 0.00607. The van der Waals surface area contributed by atoms with Gasteiger partial charge in [0, 0.05) is 92.3 Å². The van der Waals surface area contributed by atoms with Crippen LogP contribution in [0.3, 0.4) is 0 Å².